The van der Waals surface area contributed by atoms with Gasteiger partial charge in [0, 0.05) is 33.0 Å². The molecule has 1 aliphatic rings. The van der Waals surface area contributed by atoms with Crippen LogP contribution in [-0.4, -0.2) is 50.1 Å². The smallest absolute Gasteiger partial charge is 0.255 e. The van der Waals surface area contributed by atoms with E-state index < -0.39 is 6.43 Å². The maximum absolute atomic E-state index is 12.2. The van der Waals surface area contributed by atoms with Gasteiger partial charge in [-0.3, -0.25) is 4.99 Å². The van der Waals surface area contributed by atoms with Gasteiger partial charge in [0.25, 0.3) is 6.43 Å². The number of likely N-dealkylation sites (tertiary alicyclic amines) is 1. The highest BCUT2D eigenvalue weighted by Crippen LogP contribution is 2.18. The van der Waals surface area contributed by atoms with Crippen molar-refractivity contribution in [3.05, 3.63) is 30.3 Å². The Balaban J connectivity index is 1.79. The first kappa shape index (κ1) is 15.5. The third kappa shape index (κ3) is 4.88. The van der Waals surface area contributed by atoms with Gasteiger partial charge in [0.1, 0.15) is 11.9 Å². The molecule has 0 aliphatic carbocycles. The van der Waals surface area contributed by atoms with E-state index in [-0.39, 0.29) is 12.6 Å². The number of guanidine groups is 1. The van der Waals surface area contributed by atoms with Gasteiger partial charge in [0.05, 0.1) is 6.54 Å². The first-order valence-electron chi connectivity index (χ1n) is 7.14. The van der Waals surface area contributed by atoms with Crippen molar-refractivity contribution in [2.75, 3.05) is 26.7 Å². The number of ether oxygens (including phenoxy) is 1. The van der Waals surface area contributed by atoms with Gasteiger partial charge >= 0.3 is 0 Å². The molecule has 2 rings (SSSR count). The Hall–Kier alpha value is -1.85. The predicted molar refractivity (Wildman–Crippen MR) is 79.0 cm³/mol. The van der Waals surface area contributed by atoms with Crippen molar-refractivity contribution < 1.29 is 13.5 Å². The standard InChI is InChI=1S/C15H21F2N3O/c1-18-15(19-11-14(16)17)20-9-7-13(8-10-20)21-12-5-3-2-4-6-12/h2-6,13-14H,7-11H2,1H3,(H,18,19). The topological polar surface area (TPSA) is 36.9 Å². The zero-order valence-corrected chi connectivity index (χ0v) is 12.1. The quantitative estimate of drug-likeness (QED) is 0.685. The fraction of sp³-hybridized carbons (Fsp3) is 0.533. The Morgan fingerprint density at radius 2 is 2.00 bits per heavy atom. The molecule has 0 unspecified atom stereocenters. The number of hydrogen-bond donors (Lipinski definition) is 1. The number of nitrogens with one attached hydrogen (secondary N) is 1. The van der Waals surface area contributed by atoms with Crippen LogP contribution in [-0.2, 0) is 0 Å². The van der Waals surface area contributed by atoms with Crippen molar-refractivity contribution in [2.24, 2.45) is 4.99 Å². The first-order chi connectivity index (χ1) is 10.2. The van der Waals surface area contributed by atoms with Gasteiger partial charge < -0.3 is 15.0 Å². The van der Waals surface area contributed by atoms with E-state index in [9.17, 15) is 8.78 Å². The number of nitrogens with zero attached hydrogens (tertiary/aromatic N) is 2. The number of alkyl halides is 2. The lowest BCUT2D eigenvalue weighted by molar-refractivity contribution is 0.126. The van der Waals surface area contributed by atoms with Gasteiger partial charge in [-0.25, -0.2) is 8.78 Å². The summed E-state index contributed by atoms with van der Waals surface area (Å²) >= 11 is 0. The summed E-state index contributed by atoms with van der Waals surface area (Å²) in [6.45, 7) is 1.13. The molecule has 0 atom stereocenters. The molecule has 1 aromatic rings. The highest BCUT2D eigenvalue weighted by Gasteiger charge is 2.23. The van der Waals surface area contributed by atoms with E-state index in [0.717, 1.165) is 31.7 Å². The second kappa shape index (κ2) is 7.81. The van der Waals surface area contributed by atoms with E-state index in [1.165, 1.54) is 0 Å². The average molecular weight is 297 g/mol. The number of benzene rings is 1. The number of aliphatic imine (C=N–C) groups is 1. The minimum absolute atomic E-state index is 0.164. The fourth-order valence-corrected chi connectivity index (χ4v) is 2.38. The van der Waals surface area contributed by atoms with Gasteiger partial charge in [0.2, 0.25) is 0 Å². The molecule has 116 valence electrons. The van der Waals surface area contributed by atoms with Crippen molar-refractivity contribution in [3.8, 4) is 5.75 Å². The third-order valence-electron chi connectivity index (χ3n) is 3.41. The third-order valence-corrected chi connectivity index (χ3v) is 3.41. The van der Waals surface area contributed by atoms with Crippen LogP contribution in [0, 0.1) is 0 Å². The molecular formula is C15H21F2N3O. The van der Waals surface area contributed by atoms with Crippen LogP contribution >= 0.6 is 0 Å². The number of rotatable bonds is 4. The van der Waals surface area contributed by atoms with Gasteiger partial charge in [-0.2, -0.15) is 0 Å². The van der Waals surface area contributed by atoms with Gasteiger partial charge in [-0.15, -0.1) is 0 Å². The van der Waals surface area contributed by atoms with Crippen LogP contribution in [0.1, 0.15) is 12.8 Å². The number of hydrogen-bond acceptors (Lipinski definition) is 2. The van der Waals surface area contributed by atoms with E-state index >= 15 is 0 Å². The van der Waals surface area contributed by atoms with Gasteiger partial charge in [-0.1, -0.05) is 18.2 Å². The summed E-state index contributed by atoms with van der Waals surface area (Å²) in [7, 11) is 1.61. The Morgan fingerprint density at radius 1 is 1.33 bits per heavy atom. The molecule has 0 amide bonds. The summed E-state index contributed by atoms with van der Waals surface area (Å²) in [5.74, 6) is 1.41. The molecular weight excluding hydrogens is 276 g/mol. The van der Waals surface area contributed by atoms with Crippen molar-refractivity contribution in [1.29, 1.82) is 0 Å². The lowest BCUT2D eigenvalue weighted by atomic mass is 10.1. The monoisotopic (exact) mass is 297 g/mol. The maximum atomic E-state index is 12.2. The molecule has 21 heavy (non-hydrogen) atoms. The van der Waals surface area contributed by atoms with E-state index in [0.29, 0.717) is 5.96 Å². The van der Waals surface area contributed by atoms with Crippen LogP contribution in [0.25, 0.3) is 0 Å². The number of halogens is 2. The van der Waals surface area contributed by atoms with Gasteiger partial charge in [0.15, 0.2) is 5.96 Å². The normalized spacial score (nSPS) is 17.1. The van der Waals surface area contributed by atoms with Crippen molar-refractivity contribution in [2.45, 2.75) is 25.4 Å². The summed E-state index contributed by atoms with van der Waals surface area (Å²) in [6, 6.07) is 9.72. The summed E-state index contributed by atoms with van der Waals surface area (Å²) in [5, 5.41) is 2.69. The Bertz CT molecular complexity index is 445. The SMILES string of the molecule is CN=C(NCC(F)F)N1CCC(Oc2ccccc2)CC1. The van der Waals surface area contributed by atoms with E-state index in [1.807, 2.05) is 35.2 Å². The van der Waals surface area contributed by atoms with E-state index in [4.69, 9.17) is 4.74 Å². The molecule has 1 fully saturated rings. The molecule has 0 aromatic heterocycles. The van der Waals surface area contributed by atoms with Gasteiger partial charge in [-0.05, 0) is 12.1 Å². The summed E-state index contributed by atoms with van der Waals surface area (Å²) in [6.07, 6.45) is -0.508. The molecule has 4 nitrogen and oxygen atoms in total. The fourth-order valence-electron chi connectivity index (χ4n) is 2.38. The van der Waals surface area contributed by atoms with Crippen LogP contribution in [0.5, 0.6) is 5.75 Å². The van der Waals surface area contributed by atoms with E-state index in [1.54, 1.807) is 7.05 Å². The Kier molecular flexibility index (Phi) is 5.78. The molecule has 1 aliphatic heterocycles. The molecule has 1 heterocycles. The molecule has 0 spiro atoms. The Labute approximate surface area is 123 Å². The summed E-state index contributed by atoms with van der Waals surface area (Å²) < 4.78 is 30.4. The molecule has 1 aromatic carbocycles. The van der Waals surface area contributed by atoms with Crippen LogP contribution in [0.2, 0.25) is 0 Å². The highest BCUT2D eigenvalue weighted by atomic mass is 19.3. The van der Waals surface area contributed by atoms with Crippen LogP contribution in [0.3, 0.4) is 0 Å². The average Bonchev–Trinajstić information content (AvgIpc) is 2.50. The minimum Gasteiger partial charge on any atom is -0.490 e. The van der Waals surface area contributed by atoms with E-state index in [2.05, 4.69) is 10.3 Å². The zero-order chi connectivity index (χ0) is 15.1. The second-order valence-electron chi connectivity index (χ2n) is 4.94. The predicted octanol–water partition coefficient (Wildman–Crippen LogP) is 2.37. The Morgan fingerprint density at radius 3 is 2.57 bits per heavy atom. The minimum atomic E-state index is -2.37. The maximum Gasteiger partial charge on any atom is 0.255 e. The highest BCUT2D eigenvalue weighted by molar-refractivity contribution is 5.79. The molecule has 6 heteroatoms. The molecule has 0 radical (unpaired) electrons. The molecule has 0 bridgehead atoms. The zero-order valence-electron chi connectivity index (χ0n) is 12.1. The lowest BCUT2D eigenvalue weighted by Gasteiger charge is -2.34. The first-order valence-corrected chi connectivity index (χ1v) is 7.14. The van der Waals surface area contributed by atoms with Crippen molar-refractivity contribution in [3.63, 3.8) is 0 Å². The summed E-state index contributed by atoms with van der Waals surface area (Å²) in [4.78, 5) is 6.04. The molecule has 1 N–H and O–H groups in total. The summed E-state index contributed by atoms with van der Waals surface area (Å²) in [5.41, 5.74) is 0. The van der Waals surface area contributed by atoms with Crippen molar-refractivity contribution in [1.82, 2.24) is 10.2 Å². The largest absolute Gasteiger partial charge is 0.490 e. The van der Waals surface area contributed by atoms with Crippen LogP contribution in [0.4, 0.5) is 8.78 Å². The second-order valence-corrected chi connectivity index (χ2v) is 4.94. The van der Waals surface area contributed by atoms with Crippen molar-refractivity contribution >= 4 is 5.96 Å². The molecule has 0 saturated carbocycles. The van der Waals surface area contributed by atoms with Crippen LogP contribution in [0.15, 0.2) is 35.3 Å². The van der Waals surface area contributed by atoms with Crippen LogP contribution < -0.4 is 10.1 Å². The lowest BCUT2D eigenvalue weighted by Crippen LogP contribution is -2.48. The number of para-hydroxylation sites is 1. The number of piperidine rings is 1. The molecule has 1 saturated heterocycles.